The van der Waals surface area contributed by atoms with Crippen LogP contribution in [0.15, 0.2) is 0 Å². The number of alkyl halides is 1. The van der Waals surface area contributed by atoms with Gasteiger partial charge < -0.3 is 10.6 Å². The summed E-state index contributed by atoms with van der Waals surface area (Å²) < 4.78 is 0. The molecule has 1 saturated heterocycles. The van der Waals surface area contributed by atoms with Crippen LogP contribution in [0, 0.1) is 5.41 Å². The summed E-state index contributed by atoms with van der Waals surface area (Å²) in [7, 11) is 0. The molecular weight excluding hydrogens is 200 g/mol. The van der Waals surface area contributed by atoms with Gasteiger partial charge in [-0.3, -0.25) is 4.79 Å². The molecule has 0 saturated carbocycles. The SMILES string of the molecule is CC(C)(CCl)C(=O)NC1CCCNC1. The summed E-state index contributed by atoms with van der Waals surface area (Å²) in [5.41, 5.74) is -0.459. The number of amides is 1. The first kappa shape index (κ1) is 11.8. The summed E-state index contributed by atoms with van der Waals surface area (Å²) >= 11 is 5.73. The molecular formula is C10H19ClN2O. The fourth-order valence-electron chi connectivity index (χ4n) is 1.42. The minimum Gasteiger partial charge on any atom is -0.352 e. The second-order valence-electron chi connectivity index (χ2n) is 4.53. The number of carbonyl (C=O) groups excluding carboxylic acids is 1. The minimum atomic E-state index is -0.459. The van der Waals surface area contributed by atoms with Crippen LogP contribution in [-0.4, -0.2) is 30.9 Å². The van der Waals surface area contributed by atoms with Crippen molar-refractivity contribution in [3.63, 3.8) is 0 Å². The highest BCUT2D eigenvalue weighted by molar-refractivity contribution is 6.19. The lowest BCUT2D eigenvalue weighted by Gasteiger charge is -2.28. The molecule has 0 aliphatic carbocycles. The quantitative estimate of drug-likeness (QED) is 0.698. The van der Waals surface area contributed by atoms with E-state index in [0.29, 0.717) is 5.88 Å². The zero-order valence-corrected chi connectivity index (χ0v) is 9.66. The van der Waals surface area contributed by atoms with E-state index in [2.05, 4.69) is 10.6 Å². The highest BCUT2D eigenvalue weighted by atomic mass is 35.5. The second-order valence-corrected chi connectivity index (χ2v) is 4.80. The molecule has 2 N–H and O–H groups in total. The number of hydrogen-bond donors (Lipinski definition) is 2. The lowest BCUT2D eigenvalue weighted by atomic mass is 9.94. The summed E-state index contributed by atoms with van der Waals surface area (Å²) in [5.74, 6) is 0.417. The van der Waals surface area contributed by atoms with Crippen LogP contribution in [0.3, 0.4) is 0 Å². The maximum absolute atomic E-state index is 11.7. The van der Waals surface area contributed by atoms with Crippen molar-refractivity contribution >= 4 is 17.5 Å². The number of rotatable bonds is 3. The largest absolute Gasteiger partial charge is 0.352 e. The Balaban J connectivity index is 2.39. The number of halogens is 1. The molecule has 1 aliphatic heterocycles. The van der Waals surface area contributed by atoms with Crippen LogP contribution in [-0.2, 0) is 4.79 Å². The number of carbonyl (C=O) groups is 1. The van der Waals surface area contributed by atoms with Gasteiger partial charge in [0.25, 0.3) is 0 Å². The van der Waals surface area contributed by atoms with Crippen molar-refractivity contribution in [1.29, 1.82) is 0 Å². The summed E-state index contributed by atoms with van der Waals surface area (Å²) in [5, 5.41) is 6.29. The van der Waals surface area contributed by atoms with Gasteiger partial charge in [0, 0.05) is 18.5 Å². The van der Waals surface area contributed by atoms with Gasteiger partial charge in [-0.25, -0.2) is 0 Å². The van der Waals surface area contributed by atoms with E-state index in [1.165, 1.54) is 0 Å². The van der Waals surface area contributed by atoms with Crippen molar-refractivity contribution in [2.45, 2.75) is 32.7 Å². The fourth-order valence-corrected chi connectivity index (χ4v) is 1.54. The van der Waals surface area contributed by atoms with Crippen LogP contribution in [0.1, 0.15) is 26.7 Å². The molecule has 1 atom stereocenters. The second kappa shape index (κ2) is 4.99. The Bertz CT molecular complexity index is 200. The van der Waals surface area contributed by atoms with E-state index < -0.39 is 5.41 Å². The first-order chi connectivity index (χ1) is 6.56. The first-order valence-electron chi connectivity index (χ1n) is 5.14. The summed E-state index contributed by atoms with van der Waals surface area (Å²) in [6.45, 7) is 5.67. The molecule has 1 heterocycles. The lowest BCUT2D eigenvalue weighted by molar-refractivity contribution is -0.129. The minimum absolute atomic E-state index is 0.0567. The Morgan fingerprint density at radius 1 is 1.64 bits per heavy atom. The smallest absolute Gasteiger partial charge is 0.227 e. The van der Waals surface area contributed by atoms with Crippen LogP contribution in [0.25, 0.3) is 0 Å². The average molecular weight is 219 g/mol. The zero-order valence-electron chi connectivity index (χ0n) is 8.90. The third-order valence-corrected chi connectivity index (χ3v) is 3.25. The van der Waals surface area contributed by atoms with Gasteiger partial charge in [0.05, 0.1) is 5.41 Å². The van der Waals surface area contributed by atoms with Crippen molar-refractivity contribution in [1.82, 2.24) is 10.6 Å². The van der Waals surface area contributed by atoms with Gasteiger partial charge in [0.2, 0.25) is 5.91 Å². The number of nitrogens with one attached hydrogen (secondary N) is 2. The van der Waals surface area contributed by atoms with E-state index in [4.69, 9.17) is 11.6 Å². The van der Waals surface area contributed by atoms with Gasteiger partial charge >= 0.3 is 0 Å². The highest BCUT2D eigenvalue weighted by Gasteiger charge is 2.28. The van der Waals surface area contributed by atoms with Crippen LogP contribution in [0.5, 0.6) is 0 Å². The molecule has 1 rings (SSSR count). The van der Waals surface area contributed by atoms with Crippen molar-refractivity contribution in [3.8, 4) is 0 Å². The van der Waals surface area contributed by atoms with E-state index >= 15 is 0 Å². The summed E-state index contributed by atoms with van der Waals surface area (Å²) in [6, 6.07) is 0.277. The molecule has 1 aliphatic rings. The van der Waals surface area contributed by atoms with E-state index in [0.717, 1.165) is 25.9 Å². The van der Waals surface area contributed by atoms with E-state index in [-0.39, 0.29) is 11.9 Å². The normalized spacial score (nSPS) is 23.2. The van der Waals surface area contributed by atoms with Crippen molar-refractivity contribution in [2.75, 3.05) is 19.0 Å². The standard InChI is InChI=1S/C10H19ClN2O/c1-10(2,7-11)9(14)13-8-4-3-5-12-6-8/h8,12H,3-7H2,1-2H3,(H,13,14). The fraction of sp³-hybridized carbons (Fsp3) is 0.900. The molecule has 3 nitrogen and oxygen atoms in total. The van der Waals surface area contributed by atoms with Crippen molar-refractivity contribution < 1.29 is 4.79 Å². The third kappa shape index (κ3) is 3.14. The highest BCUT2D eigenvalue weighted by Crippen LogP contribution is 2.17. The van der Waals surface area contributed by atoms with Gasteiger partial charge in [-0.2, -0.15) is 0 Å². The monoisotopic (exact) mass is 218 g/mol. The van der Waals surface area contributed by atoms with E-state index in [1.54, 1.807) is 0 Å². The first-order valence-corrected chi connectivity index (χ1v) is 5.67. The maximum Gasteiger partial charge on any atom is 0.227 e. The molecule has 1 fully saturated rings. The summed E-state index contributed by atoms with van der Waals surface area (Å²) in [4.78, 5) is 11.7. The van der Waals surface area contributed by atoms with E-state index in [1.807, 2.05) is 13.8 Å². The van der Waals surface area contributed by atoms with Crippen molar-refractivity contribution in [2.24, 2.45) is 5.41 Å². The maximum atomic E-state index is 11.7. The molecule has 14 heavy (non-hydrogen) atoms. The van der Waals surface area contributed by atoms with Gasteiger partial charge in [0.15, 0.2) is 0 Å². The Morgan fingerprint density at radius 3 is 2.86 bits per heavy atom. The van der Waals surface area contributed by atoms with Crippen LogP contribution in [0.4, 0.5) is 0 Å². The van der Waals surface area contributed by atoms with Gasteiger partial charge in [-0.1, -0.05) is 0 Å². The number of hydrogen-bond acceptors (Lipinski definition) is 2. The molecule has 1 unspecified atom stereocenters. The Labute approximate surface area is 90.6 Å². The van der Waals surface area contributed by atoms with E-state index in [9.17, 15) is 4.79 Å². The molecule has 1 amide bonds. The van der Waals surface area contributed by atoms with Crippen LogP contribution in [0.2, 0.25) is 0 Å². The molecule has 0 aromatic carbocycles. The predicted octanol–water partition coefficient (Wildman–Crippen LogP) is 1.12. The van der Waals surface area contributed by atoms with Gasteiger partial charge in [-0.05, 0) is 33.2 Å². The third-order valence-electron chi connectivity index (χ3n) is 2.58. The lowest BCUT2D eigenvalue weighted by Crippen LogP contribution is -2.49. The topological polar surface area (TPSA) is 41.1 Å². The molecule has 82 valence electrons. The number of piperidine rings is 1. The molecule has 0 spiro atoms. The predicted molar refractivity (Wildman–Crippen MR) is 58.5 cm³/mol. The van der Waals surface area contributed by atoms with Gasteiger partial charge in [-0.15, -0.1) is 11.6 Å². The Kier molecular flexibility index (Phi) is 4.20. The van der Waals surface area contributed by atoms with Crippen LogP contribution < -0.4 is 10.6 Å². The molecule has 0 aromatic heterocycles. The zero-order chi connectivity index (χ0) is 10.6. The Hall–Kier alpha value is -0.280. The molecule has 4 heteroatoms. The van der Waals surface area contributed by atoms with Crippen LogP contribution >= 0.6 is 11.6 Å². The molecule has 0 aromatic rings. The summed E-state index contributed by atoms with van der Waals surface area (Å²) in [6.07, 6.45) is 2.20. The van der Waals surface area contributed by atoms with Gasteiger partial charge in [0.1, 0.15) is 0 Å². The average Bonchev–Trinajstić information content (AvgIpc) is 2.19. The molecule has 0 radical (unpaired) electrons. The van der Waals surface area contributed by atoms with Crippen molar-refractivity contribution in [3.05, 3.63) is 0 Å². The Morgan fingerprint density at radius 2 is 2.36 bits per heavy atom. The molecule has 0 bridgehead atoms.